The minimum absolute atomic E-state index is 0.0486. The molecule has 6 nitrogen and oxygen atoms in total. The number of unbranched alkanes of at least 4 members (excludes halogenated alkanes) is 5. The van der Waals surface area contributed by atoms with Gasteiger partial charge in [0.15, 0.2) is 0 Å². The molecule has 0 aromatic heterocycles. The largest absolute Gasteiger partial charge is 0.356 e. The van der Waals surface area contributed by atoms with E-state index in [2.05, 4.69) is 10.6 Å². The summed E-state index contributed by atoms with van der Waals surface area (Å²) < 4.78 is 0. The SMILES string of the molecule is CNCCCCCCNC(=O)CCCCCN1C(=O)CC(C)C1=O. The van der Waals surface area contributed by atoms with Crippen LogP contribution in [-0.4, -0.2) is 49.3 Å². The van der Waals surface area contributed by atoms with Gasteiger partial charge in [-0.25, -0.2) is 0 Å². The van der Waals surface area contributed by atoms with Gasteiger partial charge >= 0.3 is 0 Å². The first-order valence-electron chi connectivity index (χ1n) is 9.31. The maximum atomic E-state index is 11.8. The van der Waals surface area contributed by atoms with Crippen molar-refractivity contribution in [3.05, 3.63) is 0 Å². The van der Waals surface area contributed by atoms with E-state index in [-0.39, 0.29) is 23.6 Å². The molecule has 24 heavy (non-hydrogen) atoms. The summed E-state index contributed by atoms with van der Waals surface area (Å²) in [5, 5.41) is 6.08. The van der Waals surface area contributed by atoms with Gasteiger partial charge in [0.05, 0.1) is 0 Å². The Morgan fingerprint density at radius 1 is 1.04 bits per heavy atom. The van der Waals surface area contributed by atoms with Gasteiger partial charge in [0.1, 0.15) is 0 Å². The van der Waals surface area contributed by atoms with Crippen LogP contribution in [-0.2, 0) is 14.4 Å². The topological polar surface area (TPSA) is 78.5 Å². The average molecular weight is 339 g/mol. The van der Waals surface area contributed by atoms with Crippen LogP contribution < -0.4 is 10.6 Å². The summed E-state index contributed by atoms with van der Waals surface area (Å²) in [4.78, 5) is 36.5. The highest BCUT2D eigenvalue weighted by Gasteiger charge is 2.34. The first-order chi connectivity index (χ1) is 11.6. The molecule has 1 aliphatic rings. The summed E-state index contributed by atoms with van der Waals surface area (Å²) in [6, 6.07) is 0. The molecule has 1 heterocycles. The smallest absolute Gasteiger partial charge is 0.232 e. The molecular weight excluding hydrogens is 306 g/mol. The number of imide groups is 1. The van der Waals surface area contributed by atoms with E-state index in [1.807, 2.05) is 7.05 Å². The Kier molecular flexibility index (Phi) is 10.3. The molecule has 1 rings (SSSR count). The van der Waals surface area contributed by atoms with E-state index in [0.717, 1.165) is 45.2 Å². The van der Waals surface area contributed by atoms with E-state index in [1.165, 1.54) is 17.7 Å². The van der Waals surface area contributed by atoms with Crippen molar-refractivity contribution < 1.29 is 14.4 Å². The van der Waals surface area contributed by atoms with Crippen LogP contribution in [0, 0.1) is 5.92 Å². The standard InChI is InChI=1S/C18H33N3O3/c1-15-14-17(23)21(18(15)24)13-9-5-6-10-16(22)20-12-8-4-3-7-11-19-2/h15,19H,3-14H2,1-2H3,(H,20,22). The summed E-state index contributed by atoms with van der Waals surface area (Å²) >= 11 is 0. The minimum atomic E-state index is -0.165. The highest BCUT2D eigenvalue weighted by atomic mass is 16.2. The van der Waals surface area contributed by atoms with Crippen molar-refractivity contribution in [2.24, 2.45) is 5.92 Å². The third kappa shape index (κ3) is 7.90. The van der Waals surface area contributed by atoms with Crippen molar-refractivity contribution in [1.82, 2.24) is 15.5 Å². The van der Waals surface area contributed by atoms with Crippen LogP contribution in [0.2, 0.25) is 0 Å². The van der Waals surface area contributed by atoms with Crippen LogP contribution >= 0.6 is 0 Å². The highest BCUT2D eigenvalue weighted by Crippen LogP contribution is 2.19. The zero-order valence-corrected chi connectivity index (χ0v) is 15.2. The predicted molar refractivity (Wildman–Crippen MR) is 94.4 cm³/mol. The van der Waals surface area contributed by atoms with Gasteiger partial charge in [-0.1, -0.05) is 26.2 Å². The molecule has 1 saturated heterocycles. The van der Waals surface area contributed by atoms with Gasteiger partial charge in [0.25, 0.3) is 0 Å². The maximum Gasteiger partial charge on any atom is 0.232 e. The second-order valence-corrected chi connectivity index (χ2v) is 6.67. The van der Waals surface area contributed by atoms with Crippen LogP contribution in [0.3, 0.4) is 0 Å². The van der Waals surface area contributed by atoms with E-state index < -0.39 is 0 Å². The lowest BCUT2D eigenvalue weighted by Gasteiger charge is -2.13. The van der Waals surface area contributed by atoms with Crippen LogP contribution in [0.25, 0.3) is 0 Å². The third-order valence-corrected chi connectivity index (χ3v) is 4.43. The molecule has 0 aliphatic carbocycles. The van der Waals surface area contributed by atoms with Crippen molar-refractivity contribution in [3.63, 3.8) is 0 Å². The Bertz CT molecular complexity index is 412. The van der Waals surface area contributed by atoms with Crippen LogP contribution in [0.4, 0.5) is 0 Å². The lowest BCUT2D eigenvalue weighted by atomic mass is 10.1. The molecule has 0 saturated carbocycles. The molecule has 0 aromatic carbocycles. The fraction of sp³-hybridized carbons (Fsp3) is 0.833. The van der Waals surface area contributed by atoms with Gasteiger partial charge in [-0.2, -0.15) is 0 Å². The maximum absolute atomic E-state index is 11.8. The third-order valence-electron chi connectivity index (χ3n) is 4.43. The second-order valence-electron chi connectivity index (χ2n) is 6.67. The molecule has 0 radical (unpaired) electrons. The minimum Gasteiger partial charge on any atom is -0.356 e. The Hall–Kier alpha value is -1.43. The van der Waals surface area contributed by atoms with Crippen LogP contribution in [0.5, 0.6) is 0 Å². The number of nitrogens with one attached hydrogen (secondary N) is 2. The summed E-state index contributed by atoms with van der Waals surface area (Å²) in [6.45, 7) is 4.11. The molecule has 1 atom stereocenters. The number of nitrogens with zero attached hydrogens (tertiary/aromatic N) is 1. The van der Waals surface area contributed by atoms with Gasteiger partial charge < -0.3 is 10.6 Å². The predicted octanol–water partition coefficient (Wildman–Crippen LogP) is 1.84. The van der Waals surface area contributed by atoms with E-state index in [4.69, 9.17) is 0 Å². The molecule has 2 N–H and O–H groups in total. The monoisotopic (exact) mass is 339 g/mol. The van der Waals surface area contributed by atoms with Crippen molar-refractivity contribution in [3.8, 4) is 0 Å². The fourth-order valence-corrected chi connectivity index (χ4v) is 2.91. The number of rotatable bonds is 13. The first kappa shape index (κ1) is 20.6. The molecule has 0 aromatic rings. The summed E-state index contributed by atoms with van der Waals surface area (Å²) in [5.74, 6) is -0.166. The van der Waals surface area contributed by atoms with E-state index in [1.54, 1.807) is 6.92 Å². The van der Waals surface area contributed by atoms with Gasteiger partial charge in [-0.05, 0) is 39.3 Å². The number of amides is 3. The Morgan fingerprint density at radius 3 is 2.33 bits per heavy atom. The zero-order valence-electron chi connectivity index (χ0n) is 15.2. The first-order valence-corrected chi connectivity index (χ1v) is 9.31. The Balaban J connectivity index is 1.94. The highest BCUT2D eigenvalue weighted by molar-refractivity contribution is 6.03. The molecule has 138 valence electrons. The summed E-state index contributed by atoms with van der Waals surface area (Å²) in [6.07, 6.45) is 7.89. The average Bonchev–Trinajstić information content (AvgIpc) is 2.79. The van der Waals surface area contributed by atoms with Crippen LogP contribution in [0.1, 0.15) is 64.7 Å². The number of hydrogen-bond acceptors (Lipinski definition) is 4. The molecule has 3 amide bonds. The van der Waals surface area contributed by atoms with E-state index in [9.17, 15) is 14.4 Å². The molecule has 1 fully saturated rings. The summed E-state index contributed by atoms with van der Waals surface area (Å²) in [5.41, 5.74) is 0. The normalized spacial score (nSPS) is 17.6. The lowest BCUT2D eigenvalue weighted by Crippen LogP contribution is -2.31. The molecular formula is C18H33N3O3. The van der Waals surface area contributed by atoms with Crippen molar-refractivity contribution >= 4 is 17.7 Å². The van der Waals surface area contributed by atoms with Crippen molar-refractivity contribution in [2.75, 3.05) is 26.7 Å². The molecule has 6 heteroatoms. The quantitative estimate of drug-likeness (QED) is 0.396. The lowest BCUT2D eigenvalue weighted by molar-refractivity contribution is -0.139. The number of carbonyl (C=O) groups excluding carboxylic acids is 3. The van der Waals surface area contributed by atoms with Gasteiger partial charge in [-0.3, -0.25) is 19.3 Å². The van der Waals surface area contributed by atoms with E-state index in [0.29, 0.717) is 19.4 Å². The Labute approximate surface area is 145 Å². The zero-order chi connectivity index (χ0) is 17.8. The van der Waals surface area contributed by atoms with Gasteiger partial charge in [-0.15, -0.1) is 0 Å². The van der Waals surface area contributed by atoms with Crippen molar-refractivity contribution in [2.45, 2.75) is 64.7 Å². The van der Waals surface area contributed by atoms with Gasteiger partial charge in [0.2, 0.25) is 17.7 Å². The van der Waals surface area contributed by atoms with Crippen LogP contribution in [0.15, 0.2) is 0 Å². The van der Waals surface area contributed by atoms with E-state index >= 15 is 0 Å². The van der Waals surface area contributed by atoms with Gasteiger partial charge in [0, 0.05) is 31.8 Å². The number of likely N-dealkylation sites (tertiary alicyclic amines) is 1. The number of carbonyl (C=O) groups is 3. The second kappa shape index (κ2) is 12.0. The molecule has 0 bridgehead atoms. The molecule has 1 aliphatic heterocycles. The number of hydrogen-bond donors (Lipinski definition) is 2. The summed E-state index contributed by atoms with van der Waals surface area (Å²) in [7, 11) is 1.96. The van der Waals surface area contributed by atoms with Crippen molar-refractivity contribution in [1.29, 1.82) is 0 Å². The molecule has 0 spiro atoms. The molecule has 1 unspecified atom stereocenters. The Morgan fingerprint density at radius 2 is 1.71 bits per heavy atom. The fourth-order valence-electron chi connectivity index (χ4n) is 2.91.